The number of halogens is 1. The number of nitrogens with one attached hydrogen (secondary N) is 2. The van der Waals surface area contributed by atoms with Crippen LogP contribution in [0.4, 0.5) is 10.2 Å². The van der Waals surface area contributed by atoms with Gasteiger partial charge in [-0.3, -0.25) is 14.4 Å². The van der Waals surface area contributed by atoms with Crippen molar-refractivity contribution in [2.45, 2.75) is 32.7 Å². The second-order valence-electron chi connectivity index (χ2n) is 5.50. The van der Waals surface area contributed by atoms with E-state index in [0.717, 1.165) is 0 Å². The summed E-state index contributed by atoms with van der Waals surface area (Å²) >= 11 is 0. The Kier molecular flexibility index (Phi) is 5.99. The highest BCUT2D eigenvalue weighted by Gasteiger charge is 2.18. The highest BCUT2D eigenvalue weighted by atomic mass is 19.1. The van der Waals surface area contributed by atoms with Gasteiger partial charge in [-0.15, -0.1) is 0 Å². The first-order chi connectivity index (χ1) is 11.9. The first kappa shape index (κ1) is 18.3. The van der Waals surface area contributed by atoms with Crippen LogP contribution in [0.5, 0.6) is 0 Å². The number of ketones is 1. The predicted molar refractivity (Wildman–Crippen MR) is 87.4 cm³/mol. The molecule has 1 atom stereocenters. The van der Waals surface area contributed by atoms with Crippen LogP contribution in [0.3, 0.4) is 0 Å². The van der Waals surface area contributed by atoms with Gasteiger partial charge in [-0.2, -0.15) is 0 Å². The Bertz CT molecular complexity index is 788. The Balaban J connectivity index is 1.80. The molecule has 0 saturated heterocycles. The van der Waals surface area contributed by atoms with Crippen molar-refractivity contribution in [1.82, 2.24) is 10.5 Å². The Labute approximate surface area is 143 Å². The molecule has 1 heterocycles. The number of carbonyl (C=O) groups excluding carboxylic acids is 3. The van der Waals surface area contributed by atoms with Gasteiger partial charge in [0, 0.05) is 18.9 Å². The number of aryl methyl sites for hydroxylation is 1. The van der Waals surface area contributed by atoms with E-state index >= 15 is 0 Å². The first-order valence-electron chi connectivity index (χ1n) is 7.68. The maximum absolute atomic E-state index is 13.5. The third-order valence-electron chi connectivity index (χ3n) is 3.40. The van der Waals surface area contributed by atoms with E-state index in [0.29, 0.717) is 5.76 Å². The lowest BCUT2D eigenvalue weighted by molar-refractivity contribution is -0.126. The summed E-state index contributed by atoms with van der Waals surface area (Å²) in [5.74, 6) is -1.25. The number of amides is 2. The molecule has 2 N–H and O–H groups in total. The molecule has 2 rings (SSSR count). The molecule has 0 fully saturated rings. The van der Waals surface area contributed by atoms with Gasteiger partial charge in [0.1, 0.15) is 17.6 Å². The highest BCUT2D eigenvalue weighted by Crippen LogP contribution is 2.11. The van der Waals surface area contributed by atoms with Gasteiger partial charge in [-0.1, -0.05) is 17.3 Å². The fourth-order valence-electron chi connectivity index (χ4n) is 2.09. The van der Waals surface area contributed by atoms with Gasteiger partial charge in [0.05, 0.1) is 5.56 Å². The van der Waals surface area contributed by atoms with Gasteiger partial charge in [0.15, 0.2) is 11.6 Å². The fraction of sp³-hybridized carbons (Fsp3) is 0.294. The number of Topliss-reactive ketones (excluding diaryl/α,β-unsaturated/α-hetero) is 1. The summed E-state index contributed by atoms with van der Waals surface area (Å²) < 4.78 is 18.3. The van der Waals surface area contributed by atoms with Crippen molar-refractivity contribution in [3.8, 4) is 0 Å². The molecule has 1 aromatic heterocycles. The molecule has 0 bridgehead atoms. The third-order valence-corrected chi connectivity index (χ3v) is 3.40. The molecule has 0 aliphatic rings. The van der Waals surface area contributed by atoms with Crippen LogP contribution in [0.2, 0.25) is 0 Å². The van der Waals surface area contributed by atoms with E-state index < -0.39 is 29.5 Å². The number of anilines is 1. The number of hydrogen-bond acceptors (Lipinski definition) is 5. The summed E-state index contributed by atoms with van der Waals surface area (Å²) in [5.41, 5.74) is -0.0532. The quantitative estimate of drug-likeness (QED) is 0.748. The number of carbonyl (C=O) groups is 3. The van der Waals surface area contributed by atoms with Gasteiger partial charge in [-0.25, -0.2) is 4.39 Å². The van der Waals surface area contributed by atoms with Gasteiger partial charge in [0.25, 0.3) is 0 Å². The topological polar surface area (TPSA) is 101 Å². The molecule has 1 aromatic carbocycles. The van der Waals surface area contributed by atoms with E-state index in [1.165, 1.54) is 25.1 Å². The second kappa shape index (κ2) is 8.18. The zero-order chi connectivity index (χ0) is 18.4. The van der Waals surface area contributed by atoms with Gasteiger partial charge < -0.3 is 15.2 Å². The van der Waals surface area contributed by atoms with Crippen LogP contribution in [0, 0.1) is 12.7 Å². The lowest BCUT2D eigenvalue weighted by atomic mass is 10.1. The molecule has 0 aliphatic heterocycles. The van der Waals surface area contributed by atoms with Crippen molar-refractivity contribution < 1.29 is 23.3 Å². The van der Waals surface area contributed by atoms with Gasteiger partial charge in [-0.05, 0) is 26.0 Å². The molecule has 8 heteroatoms. The molecule has 0 aliphatic carbocycles. The lowest BCUT2D eigenvalue weighted by Gasteiger charge is -2.12. The average molecular weight is 347 g/mol. The smallest absolute Gasteiger partial charge is 0.247 e. The molecule has 25 heavy (non-hydrogen) atoms. The van der Waals surface area contributed by atoms with Crippen molar-refractivity contribution in [2.75, 3.05) is 5.32 Å². The molecule has 0 spiro atoms. The van der Waals surface area contributed by atoms with Gasteiger partial charge in [0.2, 0.25) is 11.8 Å². The first-order valence-corrected chi connectivity index (χ1v) is 7.68. The molecular formula is C17H18FN3O4. The summed E-state index contributed by atoms with van der Waals surface area (Å²) in [5, 5.41) is 8.58. The Hall–Kier alpha value is -3.03. The van der Waals surface area contributed by atoms with Crippen LogP contribution in [0.15, 0.2) is 34.9 Å². The van der Waals surface area contributed by atoms with Crippen LogP contribution in [-0.2, 0) is 9.59 Å². The maximum atomic E-state index is 13.5. The van der Waals surface area contributed by atoms with Crippen LogP contribution < -0.4 is 10.6 Å². The van der Waals surface area contributed by atoms with Crippen molar-refractivity contribution in [3.05, 3.63) is 47.5 Å². The number of rotatable bonds is 7. The molecule has 1 unspecified atom stereocenters. The van der Waals surface area contributed by atoms with Crippen molar-refractivity contribution in [3.63, 3.8) is 0 Å². The minimum absolute atomic E-state index is 0.0532. The molecule has 2 amide bonds. The lowest BCUT2D eigenvalue weighted by Crippen LogP contribution is -2.41. The summed E-state index contributed by atoms with van der Waals surface area (Å²) in [6.45, 7) is 3.18. The second-order valence-corrected chi connectivity index (χ2v) is 5.50. The average Bonchev–Trinajstić information content (AvgIpc) is 2.98. The normalized spacial score (nSPS) is 11.6. The van der Waals surface area contributed by atoms with E-state index in [9.17, 15) is 18.8 Å². The van der Waals surface area contributed by atoms with E-state index in [1.54, 1.807) is 19.1 Å². The fourth-order valence-corrected chi connectivity index (χ4v) is 2.09. The minimum atomic E-state index is -0.826. The Morgan fingerprint density at radius 2 is 1.96 bits per heavy atom. The van der Waals surface area contributed by atoms with E-state index in [4.69, 9.17) is 4.52 Å². The predicted octanol–water partition coefficient (Wildman–Crippen LogP) is 2.23. The molecule has 7 nitrogen and oxygen atoms in total. The molecule has 2 aromatic rings. The van der Waals surface area contributed by atoms with Crippen molar-refractivity contribution in [2.24, 2.45) is 0 Å². The molecule has 0 saturated carbocycles. The highest BCUT2D eigenvalue weighted by molar-refractivity contribution is 5.99. The van der Waals surface area contributed by atoms with Crippen LogP contribution in [0.25, 0.3) is 0 Å². The zero-order valence-electron chi connectivity index (χ0n) is 13.8. The SMILES string of the molecule is Cc1cc(NC(=O)C(C)NC(=O)CCC(=O)c2ccccc2F)no1. The molecule has 132 valence electrons. The summed E-state index contributed by atoms with van der Waals surface area (Å²) in [7, 11) is 0. The Morgan fingerprint density at radius 1 is 1.24 bits per heavy atom. The van der Waals surface area contributed by atoms with Crippen molar-refractivity contribution >= 4 is 23.4 Å². The molecule has 0 radical (unpaired) electrons. The maximum Gasteiger partial charge on any atom is 0.247 e. The van der Waals surface area contributed by atoms with Crippen molar-refractivity contribution in [1.29, 1.82) is 0 Å². The third kappa shape index (κ3) is 5.23. The number of nitrogens with zero attached hydrogens (tertiary/aromatic N) is 1. The summed E-state index contributed by atoms with van der Waals surface area (Å²) in [6, 6.07) is 6.30. The standard InChI is InChI=1S/C17H18FN3O4/c1-10-9-15(21-25-10)20-17(24)11(2)19-16(23)8-7-14(22)12-5-3-4-6-13(12)18/h3-6,9,11H,7-8H2,1-2H3,(H,19,23)(H,20,21,24). The summed E-state index contributed by atoms with van der Waals surface area (Å²) in [6.07, 6.45) is -0.294. The summed E-state index contributed by atoms with van der Waals surface area (Å²) in [4.78, 5) is 35.7. The van der Waals surface area contributed by atoms with E-state index in [-0.39, 0.29) is 24.2 Å². The monoisotopic (exact) mass is 347 g/mol. The van der Waals surface area contributed by atoms with Crippen LogP contribution in [-0.4, -0.2) is 28.8 Å². The van der Waals surface area contributed by atoms with E-state index in [1.807, 2.05) is 0 Å². The van der Waals surface area contributed by atoms with E-state index in [2.05, 4.69) is 15.8 Å². The number of benzene rings is 1. The Morgan fingerprint density at radius 3 is 2.60 bits per heavy atom. The largest absolute Gasteiger partial charge is 0.360 e. The number of hydrogen-bond donors (Lipinski definition) is 2. The van der Waals surface area contributed by atoms with Gasteiger partial charge >= 0.3 is 0 Å². The molecular weight excluding hydrogens is 329 g/mol. The van der Waals surface area contributed by atoms with Crippen LogP contribution >= 0.6 is 0 Å². The minimum Gasteiger partial charge on any atom is -0.360 e. The zero-order valence-corrected chi connectivity index (χ0v) is 13.8. The number of aromatic nitrogens is 1. The van der Waals surface area contributed by atoms with Crippen LogP contribution in [0.1, 0.15) is 35.9 Å².